The second-order valence-electron chi connectivity index (χ2n) is 4.86. The molecule has 18 heavy (non-hydrogen) atoms. The predicted molar refractivity (Wildman–Crippen MR) is 78.6 cm³/mol. The van der Waals surface area contributed by atoms with E-state index in [0.717, 1.165) is 42.8 Å². The van der Waals surface area contributed by atoms with E-state index in [0.29, 0.717) is 6.04 Å². The summed E-state index contributed by atoms with van der Waals surface area (Å²) in [4.78, 5) is 7.06. The molecule has 0 amide bonds. The van der Waals surface area contributed by atoms with E-state index in [1.54, 1.807) is 0 Å². The zero-order valence-electron chi connectivity index (χ0n) is 10.8. The second-order valence-corrected chi connectivity index (χ2v) is 5.78. The highest BCUT2D eigenvalue weighted by Gasteiger charge is 2.22. The molecule has 3 nitrogen and oxygen atoms in total. The molecule has 98 valence electrons. The Bertz CT molecular complexity index is 396. The quantitative estimate of drug-likeness (QED) is 0.867. The van der Waals surface area contributed by atoms with Gasteiger partial charge in [-0.3, -0.25) is 9.88 Å². The molecule has 2 rings (SSSR count). The minimum atomic E-state index is 0.359. The van der Waals surface area contributed by atoms with Gasteiger partial charge in [0.25, 0.3) is 0 Å². The third-order valence-corrected chi connectivity index (χ3v) is 3.69. The standard InChI is InChI=1S/C14H20BrN3/c1-11(2)9-14(18-7-5-16-6-8-18)13-4-3-12(15)10-17-13/h3-4,10,14,16H,1,5-9H2,2H3/t14-/m1/s1. The molecular weight excluding hydrogens is 290 g/mol. The highest BCUT2D eigenvalue weighted by Crippen LogP contribution is 2.26. The fraction of sp³-hybridized carbons (Fsp3) is 0.500. The van der Waals surface area contributed by atoms with Crippen molar-refractivity contribution in [3.63, 3.8) is 0 Å². The lowest BCUT2D eigenvalue weighted by molar-refractivity contribution is 0.169. The minimum absolute atomic E-state index is 0.359. The molecule has 1 aromatic heterocycles. The molecule has 1 aliphatic rings. The molecular formula is C14H20BrN3. The SMILES string of the molecule is C=C(C)C[C@H](c1ccc(Br)cn1)N1CCNCC1. The number of aromatic nitrogens is 1. The smallest absolute Gasteiger partial charge is 0.0579 e. The Labute approximate surface area is 117 Å². The third kappa shape index (κ3) is 3.64. The number of hydrogen-bond acceptors (Lipinski definition) is 3. The van der Waals surface area contributed by atoms with E-state index in [2.05, 4.69) is 56.8 Å². The lowest BCUT2D eigenvalue weighted by Gasteiger charge is -2.34. The molecule has 0 bridgehead atoms. The molecule has 1 aliphatic heterocycles. The summed E-state index contributed by atoms with van der Waals surface area (Å²) in [7, 11) is 0. The number of rotatable bonds is 4. The third-order valence-electron chi connectivity index (χ3n) is 3.23. The molecule has 1 atom stereocenters. The molecule has 1 aromatic rings. The first-order chi connectivity index (χ1) is 8.66. The van der Waals surface area contributed by atoms with E-state index >= 15 is 0 Å². The van der Waals surface area contributed by atoms with Gasteiger partial charge in [0.15, 0.2) is 0 Å². The van der Waals surface area contributed by atoms with E-state index < -0.39 is 0 Å². The zero-order chi connectivity index (χ0) is 13.0. The summed E-state index contributed by atoms with van der Waals surface area (Å²) < 4.78 is 1.03. The van der Waals surface area contributed by atoms with E-state index in [9.17, 15) is 0 Å². The Morgan fingerprint density at radius 2 is 2.22 bits per heavy atom. The van der Waals surface area contributed by atoms with Crippen LogP contribution < -0.4 is 5.32 Å². The van der Waals surface area contributed by atoms with Crippen molar-refractivity contribution < 1.29 is 0 Å². The van der Waals surface area contributed by atoms with Crippen molar-refractivity contribution in [2.45, 2.75) is 19.4 Å². The van der Waals surface area contributed by atoms with Gasteiger partial charge in [-0.25, -0.2) is 0 Å². The van der Waals surface area contributed by atoms with Gasteiger partial charge in [-0.1, -0.05) is 5.57 Å². The Morgan fingerprint density at radius 1 is 1.50 bits per heavy atom. The van der Waals surface area contributed by atoms with Crippen molar-refractivity contribution in [1.29, 1.82) is 0 Å². The van der Waals surface area contributed by atoms with E-state index in [1.807, 2.05) is 6.20 Å². The van der Waals surface area contributed by atoms with Crippen molar-refractivity contribution in [3.8, 4) is 0 Å². The van der Waals surface area contributed by atoms with Gasteiger partial charge in [0, 0.05) is 36.8 Å². The number of nitrogens with zero attached hydrogens (tertiary/aromatic N) is 2. The van der Waals surface area contributed by atoms with Crippen molar-refractivity contribution in [2.24, 2.45) is 0 Å². The Morgan fingerprint density at radius 3 is 2.78 bits per heavy atom. The zero-order valence-corrected chi connectivity index (χ0v) is 12.4. The number of pyridine rings is 1. The van der Waals surface area contributed by atoms with Crippen LogP contribution in [-0.4, -0.2) is 36.1 Å². The van der Waals surface area contributed by atoms with Gasteiger partial charge >= 0.3 is 0 Å². The van der Waals surface area contributed by atoms with Crippen LogP contribution in [-0.2, 0) is 0 Å². The highest BCUT2D eigenvalue weighted by molar-refractivity contribution is 9.10. The highest BCUT2D eigenvalue weighted by atomic mass is 79.9. The number of halogens is 1. The molecule has 2 heterocycles. The van der Waals surface area contributed by atoms with Crippen LogP contribution >= 0.6 is 15.9 Å². The van der Waals surface area contributed by atoms with Crippen molar-refractivity contribution in [3.05, 3.63) is 40.6 Å². The number of nitrogens with one attached hydrogen (secondary N) is 1. The molecule has 1 N–H and O–H groups in total. The van der Waals surface area contributed by atoms with E-state index in [1.165, 1.54) is 5.57 Å². The molecule has 0 aliphatic carbocycles. The van der Waals surface area contributed by atoms with Crippen molar-refractivity contribution >= 4 is 15.9 Å². The molecule has 4 heteroatoms. The van der Waals surface area contributed by atoms with Crippen LogP contribution in [0.2, 0.25) is 0 Å². The van der Waals surface area contributed by atoms with Gasteiger partial charge in [-0.2, -0.15) is 0 Å². The summed E-state index contributed by atoms with van der Waals surface area (Å²) in [5.41, 5.74) is 2.35. The minimum Gasteiger partial charge on any atom is -0.314 e. The molecule has 0 radical (unpaired) electrons. The fourth-order valence-electron chi connectivity index (χ4n) is 2.33. The van der Waals surface area contributed by atoms with E-state index in [-0.39, 0.29) is 0 Å². The Hall–Kier alpha value is -0.710. The molecule has 0 saturated carbocycles. The van der Waals surface area contributed by atoms with Crippen LogP contribution in [0.25, 0.3) is 0 Å². The fourth-order valence-corrected chi connectivity index (χ4v) is 2.56. The Kier molecular flexibility index (Phi) is 4.92. The summed E-state index contributed by atoms with van der Waals surface area (Å²) in [6.07, 6.45) is 2.86. The summed E-state index contributed by atoms with van der Waals surface area (Å²) in [6, 6.07) is 4.54. The molecule has 0 unspecified atom stereocenters. The van der Waals surface area contributed by atoms with Crippen LogP contribution in [0.5, 0.6) is 0 Å². The van der Waals surface area contributed by atoms with Gasteiger partial charge in [-0.15, -0.1) is 6.58 Å². The maximum absolute atomic E-state index is 4.56. The van der Waals surface area contributed by atoms with Gasteiger partial charge in [0.2, 0.25) is 0 Å². The topological polar surface area (TPSA) is 28.2 Å². The maximum atomic E-state index is 4.56. The van der Waals surface area contributed by atoms with Crippen LogP contribution in [0.3, 0.4) is 0 Å². The molecule has 1 saturated heterocycles. The monoisotopic (exact) mass is 309 g/mol. The van der Waals surface area contributed by atoms with Gasteiger partial charge < -0.3 is 5.32 Å². The van der Waals surface area contributed by atoms with Crippen LogP contribution in [0.15, 0.2) is 35.0 Å². The molecule has 1 fully saturated rings. The number of hydrogen-bond donors (Lipinski definition) is 1. The lowest BCUT2D eigenvalue weighted by Crippen LogP contribution is -2.45. The Balaban J connectivity index is 2.17. The number of piperazine rings is 1. The predicted octanol–water partition coefficient (Wildman–Crippen LogP) is 2.76. The van der Waals surface area contributed by atoms with Gasteiger partial charge in [-0.05, 0) is 41.4 Å². The van der Waals surface area contributed by atoms with Crippen LogP contribution in [0.4, 0.5) is 0 Å². The first-order valence-electron chi connectivity index (χ1n) is 6.37. The average Bonchev–Trinajstić information content (AvgIpc) is 2.38. The van der Waals surface area contributed by atoms with E-state index in [4.69, 9.17) is 0 Å². The normalized spacial score (nSPS) is 18.6. The molecule has 0 aromatic carbocycles. The summed E-state index contributed by atoms with van der Waals surface area (Å²) in [5, 5.41) is 3.39. The van der Waals surface area contributed by atoms with Crippen LogP contribution in [0, 0.1) is 0 Å². The summed E-state index contributed by atoms with van der Waals surface area (Å²) in [6.45, 7) is 10.4. The van der Waals surface area contributed by atoms with Crippen molar-refractivity contribution in [1.82, 2.24) is 15.2 Å². The van der Waals surface area contributed by atoms with Crippen molar-refractivity contribution in [2.75, 3.05) is 26.2 Å². The maximum Gasteiger partial charge on any atom is 0.0579 e. The summed E-state index contributed by atoms with van der Waals surface area (Å²) in [5.74, 6) is 0. The summed E-state index contributed by atoms with van der Waals surface area (Å²) >= 11 is 3.44. The average molecular weight is 310 g/mol. The van der Waals surface area contributed by atoms with Gasteiger partial charge in [0.05, 0.1) is 11.7 Å². The molecule has 0 spiro atoms. The first kappa shape index (κ1) is 13.7. The largest absolute Gasteiger partial charge is 0.314 e. The van der Waals surface area contributed by atoms with Crippen LogP contribution in [0.1, 0.15) is 25.1 Å². The first-order valence-corrected chi connectivity index (χ1v) is 7.16. The second kappa shape index (κ2) is 6.45. The van der Waals surface area contributed by atoms with Gasteiger partial charge in [0.1, 0.15) is 0 Å². The lowest BCUT2D eigenvalue weighted by atomic mass is 10.0.